The highest BCUT2D eigenvalue weighted by molar-refractivity contribution is 7.09. The van der Waals surface area contributed by atoms with Crippen LogP contribution in [0.3, 0.4) is 0 Å². The minimum Gasteiger partial charge on any atom is -0.465 e. The van der Waals surface area contributed by atoms with E-state index in [1.54, 1.807) is 24.3 Å². The Labute approximate surface area is 112 Å². The number of hydrogen-bond donors (Lipinski definition) is 0. The predicted molar refractivity (Wildman–Crippen MR) is 68.9 cm³/mol. The van der Waals surface area contributed by atoms with Gasteiger partial charge in [0.05, 0.1) is 12.1 Å². The molecule has 2 rings (SSSR count). The van der Waals surface area contributed by atoms with Crippen molar-refractivity contribution in [1.29, 1.82) is 0 Å². The Kier molecular flexibility index (Phi) is 3.66. The summed E-state index contributed by atoms with van der Waals surface area (Å²) in [5.74, 6) is -0.479. The minimum absolute atomic E-state index is 0.305. The Balaban J connectivity index is 2.44. The molecule has 0 unspecified atom stereocenters. The zero-order valence-electron chi connectivity index (χ0n) is 8.74. The SMILES string of the molecule is COC(=O)c1snc(-c2ccc(Cl)cc2)c1Cl. The van der Waals surface area contributed by atoms with Crippen molar-refractivity contribution in [2.45, 2.75) is 0 Å². The monoisotopic (exact) mass is 287 g/mol. The van der Waals surface area contributed by atoms with Crippen molar-refractivity contribution in [3.8, 4) is 11.3 Å². The molecule has 88 valence electrons. The van der Waals surface area contributed by atoms with Gasteiger partial charge in [-0.15, -0.1) is 0 Å². The Hall–Kier alpha value is -1.10. The number of hydrogen-bond acceptors (Lipinski definition) is 4. The van der Waals surface area contributed by atoms with Crippen LogP contribution in [0.5, 0.6) is 0 Å². The summed E-state index contributed by atoms with van der Waals surface area (Å²) in [7, 11) is 1.31. The number of esters is 1. The molecular weight excluding hydrogens is 281 g/mol. The third-order valence-electron chi connectivity index (χ3n) is 2.12. The van der Waals surface area contributed by atoms with Crippen molar-refractivity contribution in [2.24, 2.45) is 0 Å². The van der Waals surface area contributed by atoms with E-state index in [9.17, 15) is 4.79 Å². The van der Waals surface area contributed by atoms with Crippen LogP contribution >= 0.6 is 34.7 Å². The second kappa shape index (κ2) is 5.04. The lowest BCUT2D eigenvalue weighted by molar-refractivity contribution is 0.0606. The van der Waals surface area contributed by atoms with Gasteiger partial charge in [-0.1, -0.05) is 35.3 Å². The molecule has 0 aliphatic heterocycles. The number of rotatable bonds is 2. The number of benzene rings is 1. The summed E-state index contributed by atoms with van der Waals surface area (Å²) in [6.45, 7) is 0. The zero-order valence-corrected chi connectivity index (χ0v) is 11.1. The number of methoxy groups -OCH3 is 1. The van der Waals surface area contributed by atoms with Crippen LogP contribution in [0.25, 0.3) is 11.3 Å². The van der Waals surface area contributed by atoms with Crippen molar-refractivity contribution in [3.63, 3.8) is 0 Å². The maximum Gasteiger partial charge on any atom is 0.351 e. The van der Waals surface area contributed by atoms with Gasteiger partial charge in [0.25, 0.3) is 0 Å². The molecule has 0 N–H and O–H groups in total. The zero-order chi connectivity index (χ0) is 12.4. The number of halogens is 2. The molecule has 3 nitrogen and oxygen atoms in total. The Morgan fingerprint density at radius 1 is 1.29 bits per heavy atom. The first-order chi connectivity index (χ1) is 8.13. The second-order valence-corrected chi connectivity index (χ2v) is 4.76. The summed E-state index contributed by atoms with van der Waals surface area (Å²) < 4.78 is 8.76. The molecule has 6 heteroatoms. The summed E-state index contributed by atoms with van der Waals surface area (Å²) in [6.07, 6.45) is 0. The van der Waals surface area contributed by atoms with Crippen LogP contribution in [0.15, 0.2) is 24.3 Å². The van der Waals surface area contributed by atoms with Gasteiger partial charge >= 0.3 is 5.97 Å². The van der Waals surface area contributed by atoms with Gasteiger partial charge in [0.2, 0.25) is 0 Å². The first-order valence-electron chi connectivity index (χ1n) is 4.63. The maximum absolute atomic E-state index is 11.4. The van der Waals surface area contributed by atoms with Gasteiger partial charge < -0.3 is 4.74 Å². The van der Waals surface area contributed by atoms with E-state index >= 15 is 0 Å². The molecule has 0 aliphatic carbocycles. The Bertz CT molecular complexity index is 551. The van der Waals surface area contributed by atoms with E-state index in [0.717, 1.165) is 17.1 Å². The molecule has 0 saturated carbocycles. The third kappa shape index (κ3) is 2.44. The molecule has 0 bridgehead atoms. The largest absolute Gasteiger partial charge is 0.465 e. The average Bonchev–Trinajstić information content (AvgIpc) is 2.71. The van der Waals surface area contributed by atoms with Gasteiger partial charge in [-0.05, 0) is 23.7 Å². The molecule has 0 aliphatic rings. The van der Waals surface area contributed by atoms with Crippen LogP contribution in [0.1, 0.15) is 9.67 Å². The minimum atomic E-state index is -0.479. The number of ether oxygens (including phenoxy) is 1. The average molecular weight is 288 g/mol. The fraction of sp³-hybridized carbons (Fsp3) is 0.0909. The van der Waals surface area contributed by atoms with Gasteiger partial charge in [-0.3, -0.25) is 0 Å². The van der Waals surface area contributed by atoms with E-state index in [4.69, 9.17) is 23.2 Å². The molecule has 1 aromatic heterocycles. The van der Waals surface area contributed by atoms with E-state index in [1.807, 2.05) is 0 Å². The molecule has 0 spiro atoms. The van der Waals surface area contributed by atoms with Crippen LogP contribution in [-0.2, 0) is 4.74 Å². The van der Waals surface area contributed by atoms with Gasteiger partial charge in [0, 0.05) is 10.6 Å². The summed E-state index contributed by atoms with van der Waals surface area (Å²) in [6, 6.07) is 7.07. The first kappa shape index (κ1) is 12.4. The summed E-state index contributed by atoms with van der Waals surface area (Å²) >= 11 is 12.9. The number of carbonyl (C=O) groups is 1. The molecule has 0 fully saturated rings. The fourth-order valence-electron chi connectivity index (χ4n) is 1.29. The van der Waals surface area contributed by atoms with Gasteiger partial charge in [-0.25, -0.2) is 4.79 Å². The van der Waals surface area contributed by atoms with Crippen molar-refractivity contribution in [1.82, 2.24) is 4.37 Å². The van der Waals surface area contributed by atoms with E-state index in [2.05, 4.69) is 9.11 Å². The van der Waals surface area contributed by atoms with Crippen LogP contribution in [0.2, 0.25) is 10.0 Å². The van der Waals surface area contributed by atoms with Crippen molar-refractivity contribution in [2.75, 3.05) is 7.11 Å². The lowest BCUT2D eigenvalue weighted by Gasteiger charge is -1.98. The highest BCUT2D eigenvalue weighted by Crippen LogP contribution is 2.33. The molecule has 17 heavy (non-hydrogen) atoms. The van der Waals surface area contributed by atoms with Crippen LogP contribution in [0.4, 0.5) is 0 Å². The third-order valence-corrected chi connectivity index (χ3v) is 3.68. The molecule has 0 atom stereocenters. The summed E-state index contributed by atoms with van der Waals surface area (Å²) in [5, 5.41) is 0.942. The second-order valence-electron chi connectivity index (χ2n) is 3.17. The highest BCUT2D eigenvalue weighted by atomic mass is 35.5. The molecule has 2 aromatic rings. The maximum atomic E-state index is 11.4. The highest BCUT2D eigenvalue weighted by Gasteiger charge is 2.19. The standard InChI is InChI=1S/C11H7Cl2NO2S/c1-16-11(15)10-8(13)9(14-17-10)6-2-4-7(12)5-3-6/h2-5H,1H3. The number of carbonyl (C=O) groups excluding carboxylic acids is 1. The normalized spacial score (nSPS) is 10.3. The van der Waals surface area contributed by atoms with E-state index in [-0.39, 0.29) is 0 Å². The summed E-state index contributed by atoms with van der Waals surface area (Å²) in [5.41, 5.74) is 1.37. The Morgan fingerprint density at radius 2 is 1.94 bits per heavy atom. The molecule has 0 saturated heterocycles. The predicted octanol–water partition coefficient (Wildman–Crippen LogP) is 3.90. The number of aromatic nitrogens is 1. The Morgan fingerprint density at radius 3 is 2.53 bits per heavy atom. The molecule has 1 aromatic carbocycles. The van der Waals surface area contributed by atoms with E-state index < -0.39 is 5.97 Å². The van der Waals surface area contributed by atoms with Gasteiger partial charge in [0.15, 0.2) is 4.88 Å². The molecule has 1 heterocycles. The molecular formula is C11H7Cl2NO2S. The van der Waals surface area contributed by atoms with Gasteiger partial charge in [0.1, 0.15) is 5.69 Å². The molecule has 0 radical (unpaired) electrons. The fourth-order valence-corrected chi connectivity index (χ4v) is 2.51. The lowest BCUT2D eigenvalue weighted by Crippen LogP contribution is -1.98. The molecule has 0 amide bonds. The quantitative estimate of drug-likeness (QED) is 0.787. The number of nitrogens with zero attached hydrogens (tertiary/aromatic N) is 1. The van der Waals surface area contributed by atoms with Crippen molar-refractivity contribution >= 4 is 40.7 Å². The lowest BCUT2D eigenvalue weighted by atomic mass is 10.1. The van der Waals surface area contributed by atoms with Crippen LogP contribution in [-0.4, -0.2) is 17.5 Å². The smallest absolute Gasteiger partial charge is 0.351 e. The summed E-state index contributed by atoms with van der Waals surface area (Å²) in [4.78, 5) is 11.7. The van der Waals surface area contributed by atoms with Crippen LogP contribution in [0, 0.1) is 0 Å². The van der Waals surface area contributed by atoms with E-state index in [1.165, 1.54) is 7.11 Å². The topological polar surface area (TPSA) is 39.2 Å². The van der Waals surface area contributed by atoms with Crippen LogP contribution < -0.4 is 0 Å². The van der Waals surface area contributed by atoms with Crippen molar-refractivity contribution in [3.05, 3.63) is 39.2 Å². The van der Waals surface area contributed by atoms with E-state index in [0.29, 0.717) is 20.6 Å². The van der Waals surface area contributed by atoms with Gasteiger partial charge in [-0.2, -0.15) is 4.37 Å². The first-order valence-corrected chi connectivity index (χ1v) is 6.16. The van der Waals surface area contributed by atoms with Crippen molar-refractivity contribution < 1.29 is 9.53 Å².